The summed E-state index contributed by atoms with van der Waals surface area (Å²) in [6.45, 7) is 5.34. The Labute approximate surface area is 193 Å². The van der Waals surface area contributed by atoms with Crippen LogP contribution in [0.5, 0.6) is 5.75 Å². The van der Waals surface area contributed by atoms with Crippen molar-refractivity contribution in [3.8, 4) is 11.4 Å². The lowest BCUT2D eigenvalue weighted by molar-refractivity contribution is 0.241. The van der Waals surface area contributed by atoms with Gasteiger partial charge in [-0.2, -0.15) is 0 Å². The van der Waals surface area contributed by atoms with Crippen LogP contribution in [-0.2, 0) is 26.6 Å². The second-order valence-electron chi connectivity index (χ2n) is 8.99. The van der Waals surface area contributed by atoms with Crippen LogP contribution in [0.3, 0.4) is 0 Å². The molecule has 2 N–H and O–H groups in total. The number of hydrogen-bond acceptors (Lipinski definition) is 4. The fourth-order valence-corrected chi connectivity index (χ4v) is 4.84. The molecule has 33 heavy (non-hydrogen) atoms. The smallest absolute Gasteiger partial charge is 0.258 e. The van der Waals surface area contributed by atoms with Gasteiger partial charge in [0.05, 0.1) is 11.2 Å². The first-order valence-corrected chi connectivity index (χ1v) is 11.5. The number of rotatable bonds is 6. The fourth-order valence-electron chi connectivity index (χ4n) is 4.84. The van der Waals surface area contributed by atoms with Crippen molar-refractivity contribution in [3.63, 3.8) is 0 Å². The van der Waals surface area contributed by atoms with Crippen LogP contribution in [-0.4, -0.2) is 33.2 Å². The SMILES string of the molecule is CC(N)CN1CCc2c(c3ccc(-n4ccc(OCc5ccccc5)cc4=O)cc3n2C)C1. The Balaban J connectivity index is 1.41. The first kappa shape index (κ1) is 21.5. The molecule has 5 rings (SSSR count). The predicted octanol–water partition coefficient (Wildman–Crippen LogP) is 3.61. The summed E-state index contributed by atoms with van der Waals surface area (Å²) in [5.74, 6) is 0.574. The molecule has 0 amide bonds. The van der Waals surface area contributed by atoms with Crippen molar-refractivity contribution in [2.24, 2.45) is 12.8 Å². The molecular formula is C27H30N4O2. The van der Waals surface area contributed by atoms with Gasteiger partial charge in [0.25, 0.3) is 5.56 Å². The van der Waals surface area contributed by atoms with E-state index < -0.39 is 0 Å². The summed E-state index contributed by atoms with van der Waals surface area (Å²) in [7, 11) is 2.12. The van der Waals surface area contributed by atoms with Crippen molar-refractivity contribution in [3.05, 3.63) is 94.0 Å². The normalized spacial score (nSPS) is 14.9. The standard InChI is InChI=1S/C27H30N4O2/c1-19(28)16-30-12-11-25-24(17-30)23-9-8-21(14-26(23)29(25)2)31-13-10-22(15-27(31)32)33-18-20-6-4-3-5-7-20/h3-10,13-15,19H,11-12,16-18,28H2,1-2H3. The van der Waals surface area contributed by atoms with Crippen LogP contribution in [0.25, 0.3) is 16.6 Å². The van der Waals surface area contributed by atoms with E-state index in [9.17, 15) is 4.79 Å². The van der Waals surface area contributed by atoms with Crippen molar-refractivity contribution in [2.75, 3.05) is 13.1 Å². The molecule has 170 valence electrons. The van der Waals surface area contributed by atoms with E-state index in [1.165, 1.54) is 16.6 Å². The molecule has 0 saturated carbocycles. The Hall–Kier alpha value is -3.35. The number of aromatic nitrogens is 2. The van der Waals surface area contributed by atoms with Gasteiger partial charge in [-0.15, -0.1) is 0 Å². The minimum atomic E-state index is -0.109. The summed E-state index contributed by atoms with van der Waals surface area (Å²) in [5.41, 5.74) is 11.7. The van der Waals surface area contributed by atoms with E-state index in [2.05, 4.69) is 35.6 Å². The molecule has 4 aromatic rings. The van der Waals surface area contributed by atoms with Crippen LogP contribution in [0.15, 0.2) is 71.7 Å². The third-order valence-electron chi connectivity index (χ3n) is 6.43. The fraction of sp³-hybridized carbons (Fsp3) is 0.296. The van der Waals surface area contributed by atoms with Crippen LogP contribution in [0, 0.1) is 0 Å². The number of fused-ring (bicyclic) bond motifs is 3. The average molecular weight is 443 g/mol. The lowest BCUT2D eigenvalue weighted by Crippen LogP contribution is -2.39. The molecule has 0 spiro atoms. The van der Waals surface area contributed by atoms with E-state index in [0.717, 1.165) is 42.8 Å². The van der Waals surface area contributed by atoms with Crippen molar-refractivity contribution in [1.29, 1.82) is 0 Å². The molecule has 0 radical (unpaired) electrons. The van der Waals surface area contributed by atoms with E-state index in [1.807, 2.05) is 42.5 Å². The largest absolute Gasteiger partial charge is 0.489 e. The monoisotopic (exact) mass is 442 g/mol. The summed E-state index contributed by atoms with van der Waals surface area (Å²) in [4.78, 5) is 15.3. The second-order valence-corrected chi connectivity index (χ2v) is 8.99. The van der Waals surface area contributed by atoms with Gasteiger partial charge in [-0.3, -0.25) is 14.3 Å². The van der Waals surface area contributed by atoms with Gasteiger partial charge >= 0.3 is 0 Å². The highest BCUT2D eigenvalue weighted by Crippen LogP contribution is 2.31. The van der Waals surface area contributed by atoms with Crippen molar-refractivity contribution in [1.82, 2.24) is 14.0 Å². The molecule has 0 fully saturated rings. The lowest BCUT2D eigenvalue weighted by Gasteiger charge is -2.29. The minimum Gasteiger partial charge on any atom is -0.489 e. The van der Waals surface area contributed by atoms with Gasteiger partial charge in [-0.1, -0.05) is 36.4 Å². The summed E-state index contributed by atoms with van der Waals surface area (Å²) in [6.07, 6.45) is 2.80. The summed E-state index contributed by atoms with van der Waals surface area (Å²) >= 11 is 0. The zero-order chi connectivity index (χ0) is 22.9. The maximum atomic E-state index is 12.9. The van der Waals surface area contributed by atoms with Crippen LogP contribution in [0.1, 0.15) is 23.7 Å². The molecule has 1 atom stereocenters. The zero-order valence-corrected chi connectivity index (χ0v) is 19.2. The molecule has 0 bridgehead atoms. The second kappa shape index (κ2) is 8.89. The summed E-state index contributed by atoms with van der Waals surface area (Å²) in [5, 5.41) is 1.25. The Morgan fingerprint density at radius 1 is 1.09 bits per heavy atom. The van der Waals surface area contributed by atoms with Gasteiger partial charge in [-0.05, 0) is 36.2 Å². The molecule has 6 nitrogen and oxygen atoms in total. The molecule has 3 heterocycles. The number of nitrogens with two attached hydrogens (primary N) is 1. The summed E-state index contributed by atoms with van der Waals surface area (Å²) in [6, 6.07) is 19.8. The predicted molar refractivity (Wildman–Crippen MR) is 132 cm³/mol. The van der Waals surface area contributed by atoms with Gasteiger partial charge in [0, 0.05) is 62.5 Å². The topological polar surface area (TPSA) is 65.4 Å². The molecule has 1 aliphatic rings. The molecule has 2 aromatic heterocycles. The third-order valence-corrected chi connectivity index (χ3v) is 6.43. The molecule has 1 aliphatic heterocycles. The quantitative estimate of drug-likeness (QED) is 0.495. The van der Waals surface area contributed by atoms with Crippen LogP contribution in [0.2, 0.25) is 0 Å². The van der Waals surface area contributed by atoms with Gasteiger partial charge in [-0.25, -0.2) is 0 Å². The molecule has 0 aliphatic carbocycles. The van der Waals surface area contributed by atoms with Crippen LogP contribution < -0.4 is 16.0 Å². The maximum absolute atomic E-state index is 12.9. The Morgan fingerprint density at radius 3 is 2.67 bits per heavy atom. The number of aryl methyl sites for hydroxylation is 1. The van der Waals surface area contributed by atoms with Gasteiger partial charge in [0.15, 0.2) is 0 Å². The van der Waals surface area contributed by atoms with Crippen LogP contribution in [0.4, 0.5) is 0 Å². The van der Waals surface area contributed by atoms with E-state index >= 15 is 0 Å². The lowest BCUT2D eigenvalue weighted by atomic mass is 10.0. The number of pyridine rings is 1. The van der Waals surface area contributed by atoms with Crippen molar-refractivity contribution < 1.29 is 4.74 Å². The van der Waals surface area contributed by atoms with Crippen molar-refractivity contribution in [2.45, 2.75) is 32.5 Å². The van der Waals surface area contributed by atoms with E-state index in [1.54, 1.807) is 16.8 Å². The first-order valence-electron chi connectivity index (χ1n) is 11.5. The molecule has 0 saturated heterocycles. The van der Waals surface area contributed by atoms with E-state index in [-0.39, 0.29) is 11.6 Å². The first-order chi connectivity index (χ1) is 16.0. The van der Waals surface area contributed by atoms with Gasteiger partial charge in [0.1, 0.15) is 12.4 Å². The highest BCUT2D eigenvalue weighted by Gasteiger charge is 2.23. The van der Waals surface area contributed by atoms with E-state index in [4.69, 9.17) is 10.5 Å². The third kappa shape index (κ3) is 4.32. The molecule has 6 heteroatoms. The number of hydrogen-bond donors (Lipinski definition) is 1. The highest BCUT2D eigenvalue weighted by atomic mass is 16.5. The maximum Gasteiger partial charge on any atom is 0.258 e. The average Bonchev–Trinajstić information content (AvgIpc) is 3.09. The molecule has 1 unspecified atom stereocenters. The number of benzene rings is 2. The van der Waals surface area contributed by atoms with Gasteiger partial charge in [0.2, 0.25) is 0 Å². The molecule has 2 aromatic carbocycles. The van der Waals surface area contributed by atoms with Gasteiger partial charge < -0.3 is 15.0 Å². The zero-order valence-electron chi connectivity index (χ0n) is 19.2. The van der Waals surface area contributed by atoms with Crippen LogP contribution >= 0.6 is 0 Å². The Kier molecular flexibility index (Phi) is 5.79. The molecular weight excluding hydrogens is 412 g/mol. The number of ether oxygens (including phenoxy) is 1. The highest BCUT2D eigenvalue weighted by molar-refractivity contribution is 5.87. The van der Waals surface area contributed by atoms with E-state index in [0.29, 0.717) is 12.4 Å². The number of nitrogens with zero attached hydrogens (tertiary/aromatic N) is 3. The Morgan fingerprint density at radius 2 is 1.91 bits per heavy atom. The Bertz CT molecular complexity index is 1340. The summed E-state index contributed by atoms with van der Waals surface area (Å²) < 4.78 is 9.76. The minimum absolute atomic E-state index is 0.109. The van der Waals surface area contributed by atoms with Crippen molar-refractivity contribution >= 4 is 10.9 Å².